The summed E-state index contributed by atoms with van der Waals surface area (Å²) in [6, 6.07) is 0.432. The van der Waals surface area contributed by atoms with Crippen LogP contribution in [0.1, 0.15) is 32.6 Å². The van der Waals surface area contributed by atoms with Crippen molar-refractivity contribution >= 4 is 17.8 Å². The summed E-state index contributed by atoms with van der Waals surface area (Å²) in [5.41, 5.74) is 0. The number of rotatable bonds is 3. The van der Waals surface area contributed by atoms with E-state index in [0.717, 1.165) is 24.0 Å². The summed E-state index contributed by atoms with van der Waals surface area (Å²) in [5, 5.41) is 3.83. The van der Waals surface area contributed by atoms with E-state index < -0.39 is 0 Å². The quantitative estimate of drug-likeness (QED) is 0.827. The summed E-state index contributed by atoms with van der Waals surface area (Å²) in [5.74, 6) is 0.836. The molecule has 0 aliphatic heterocycles. The average molecular weight is 244 g/mol. The predicted molar refractivity (Wildman–Crippen MR) is 70.9 cm³/mol. The van der Waals surface area contributed by atoms with Crippen LogP contribution in [0.3, 0.4) is 0 Å². The van der Waals surface area contributed by atoms with Gasteiger partial charge in [-0.2, -0.15) is 11.8 Å². The highest BCUT2D eigenvalue weighted by molar-refractivity contribution is 7.99. The molecule has 1 rings (SSSR count). The molecule has 0 heterocycles. The van der Waals surface area contributed by atoms with Crippen molar-refractivity contribution in [3.05, 3.63) is 0 Å². The van der Waals surface area contributed by atoms with Crippen LogP contribution in [0.4, 0.5) is 4.79 Å². The summed E-state index contributed by atoms with van der Waals surface area (Å²) >= 11 is 1.96. The van der Waals surface area contributed by atoms with E-state index in [0.29, 0.717) is 6.04 Å². The van der Waals surface area contributed by atoms with Crippen LogP contribution in [0, 0.1) is 5.92 Å². The number of hydrogen-bond acceptors (Lipinski definition) is 2. The summed E-state index contributed by atoms with van der Waals surface area (Å²) in [7, 11) is 3.58. The minimum atomic E-state index is 0.0429. The molecule has 16 heavy (non-hydrogen) atoms. The van der Waals surface area contributed by atoms with Crippen molar-refractivity contribution in [3.8, 4) is 0 Å². The third-order valence-electron chi connectivity index (χ3n) is 3.54. The molecular formula is C12H24N2OS. The smallest absolute Gasteiger partial charge is 0.317 e. The molecule has 0 radical (unpaired) electrons. The van der Waals surface area contributed by atoms with Gasteiger partial charge in [0.05, 0.1) is 0 Å². The lowest BCUT2D eigenvalue weighted by Gasteiger charge is -2.32. The Morgan fingerprint density at radius 3 is 2.31 bits per heavy atom. The first-order chi connectivity index (χ1) is 7.54. The number of amides is 2. The predicted octanol–water partition coefficient (Wildman–Crippen LogP) is 2.57. The maximum Gasteiger partial charge on any atom is 0.317 e. The molecule has 0 aromatic rings. The van der Waals surface area contributed by atoms with Crippen LogP contribution in [-0.4, -0.2) is 42.6 Å². The molecule has 1 aliphatic carbocycles. The van der Waals surface area contributed by atoms with Gasteiger partial charge in [-0.1, -0.05) is 6.92 Å². The second-order valence-corrected chi connectivity index (χ2v) is 6.11. The normalized spacial score (nSPS) is 27.2. The highest BCUT2D eigenvalue weighted by Crippen LogP contribution is 2.31. The lowest BCUT2D eigenvalue weighted by Crippen LogP contribution is -2.43. The van der Waals surface area contributed by atoms with Crippen molar-refractivity contribution in [2.24, 2.45) is 5.92 Å². The van der Waals surface area contributed by atoms with Gasteiger partial charge in [0.2, 0.25) is 0 Å². The third-order valence-corrected chi connectivity index (χ3v) is 4.67. The van der Waals surface area contributed by atoms with E-state index in [4.69, 9.17) is 0 Å². The van der Waals surface area contributed by atoms with Crippen molar-refractivity contribution in [1.82, 2.24) is 10.2 Å². The van der Waals surface area contributed by atoms with Gasteiger partial charge >= 0.3 is 6.03 Å². The second-order valence-electron chi connectivity index (χ2n) is 4.90. The van der Waals surface area contributed by atoms with Crippen molar-refractivity contribution in [2.45, 2.75) is 43.9 Å². The molecule has 0 aromatic carbocycles. The van der Waals surface area contributed by atoms with Gasteiger partial charge in [-0.3, -0.25) is 0 Å². The third kappa shape index (κ3) is 3.89. The maximum absolute atomic E-state index is 11.5. The molecule has 1 fully saturated rings. The van der Waals surface area contributed by atoms with Gasteiger partial charge in [-0.05, 0) is 37.9 Å². The van der Waals surface area contributed by atoms with Gasteiger partial charge in [-0.15, -0.1) is 0 Å². The molecule has 0 aromatic heterocycles. The SMILES string of the molecule is CS[C@H](C)[C@H]1CC[C@H](NC(=O)N(C)C)CC1. The standard InChI is InChI=1S/C12H24N2OS/c1-9(16-4)10-5-7-11(8-6-10)13-12(15)14(2)3/h9-11H,5-8H2,1-4H3,(H,13,15)/t9-,10-,11-/m1/s1. The second kappa shape index (κ2) is 6.38. The molecule has 0 saturated heterocycles. The lowest BCUT2D eigenvalue weighted by molar-refractivity contribution is 0.204. The van der Waals surface area contributed by atoms with Gasteiger partial charge in [0, 0.05) is 25.4 Å². The first kappa shape index (κ1) is 13.7. The molecule has 1 aliphatic rings. The highest BCUT2D eigenvalue weighted by Gasteiger charge is 2.25. The van der Waals surface area contributed by atoms with Crippen LogP contribution in [0.25, 0.3) is 0 Å². The Balaban J connectivity index is 2.29. The Labute approximate surface area is 103 Å². The molecule has 1 saturated carbocycles. The molecule has 3 nitrogen and oxygen atoms in total. The molecule has 0 bridgehead atoms. The van der Waals surface area contributed by atoms with E-state index in [1.165, 1.54) is 12.8 Å². The van der Waals surface area contributed by atoms with Crippen molar-refractivity contribution < 1.29 is 4.79 Å². The van der Waals surface area contributed by atoms with Crippen LogP contribution in [0.15, 0.2) is 0 Å². The van der Waals surface area contributed by atoms with E-state index in [1.807, 2.05) is 11.8 Å². The fraction of sp³-hybridized carbons (Fsp3) is 0.917. The van der Waals surface area contributed by atoms with Crippen LogP contribution < -0.4 is 5.32 Å². The van der Waals surface area contributed by atoms with Crippen LogP contribution >= 0.6 is 11.8 Å². The summed E-state index contributed by atoms with van der Waals surface area (Å²) in [6.07, 6.45) is 6.95. The Kier molecular flexibility index (Phi) is 5.46. The van der Waals surface area contributed by atoms with Gasteiger partial charge < -0.3 is 10.2 Å². The highest BCUT2D eigenvalue weighted by atomic mass is 32.2. The van der Waals surface area contributed by atoms with E-state index in [1.54, 1.807) is 19.0 Å². The minimum Gasteiger partial charge on any atom is -0.335 e. The number of nitrogens with zero attached hydrogens (tertiary/aromatic N) is 1. The summed E-state index contributed by atoms with van der Waals surface area (Å²) in [6.45, 7) is 2.31. The van der Waals surface area contributed by atoms with E-state index in [9.17, 15) is 4.79 Å². The largest absolute Gasteiger partial charge is 0.335 e. The van der Waals surface area contributed by atoms with Crippen molar-refractivity contribution in [2.75, 3.05) is 20.4 Å². The molecule has 2 amide bonds. The summed E-state index contributed by atoms with van der Waals surface area (Å²) in [4.78, 5) is 13.1. The van der Waals surface area contributed by atoms with Crippen molar-refractivity contribution in [3.63, 3.8) is 0 Å². The van der Waals surface area contributed by atoms with Crippen LogP contribution in [-0.2, 0) is 0 Å². The zero-order chi connectivity index (χ0) is 12.1. The van der Waals surface area contributed by atoms with E-state index in [-0.39, 0.29) is 6.03 Å². The molecular weight excluding hydrogens is 220 g/mol. The first-order valence-electron chi connectivity index (χ1n) is 6.05. The maximum atomic E-state index is 11.5. The van der Waals surface area contributed by atoms with Gasteiger partial charge in [0.1, 0.15) is 0 Å². The molecule has 1 atom stereocenters. The Morgan fingerprint density at radius 2 is 1.88 bits per heavy atom. The zero-order valence-electron chi connectivity index (χ0n) is 10.8. The fourth-order valence-corrected chi connectivity index (χ4v) is 2.89. The van der Waals surface area contributed by atoms with Crippen LogP contribution in [0.2, 0.25) is 0 Å². The van der Waals surface area contributed by atoms with E-state index >= 15 is 0 Å². The lowest BCUT2D eigenvalue weighted by atomic mass is 9.84. The molecule has 94 valence electrons. The fourth-order valence-electron chi connectivity index (χ4n) is 2.23. The van der Waals surface area contributed by atoms with Gasteiger partial charge in [0.15, 0.2) is 0 Å². The molecule has 1 N–H and O–H groups in total. The van der Waals surface area contributed by atoms with Crippen molar-refractivity contribution in [1.29, 1.82) is 0 Å². The number of carbonyl (C=O) groups excluding carboxylic acids is 1. The molecule has 4 heteroatoms. The average Bonchev–Trinajstić information content (AvgIpc) is 2.28. The Hall–Kier alpha value is -0.380. The van der Waals surface area contributed by atoms with Crippen LogP contribution in [0.5, 0.6) is 0 Å². The molecule has 0 unspecified atom stereocenters. The zero-order valence-corrected chi connectivity index (χ0v) is 11.6. The number of nitrogens with one attached hydrogen (secondary N) is 1. The number of urea groups is 1. The number of hydrogen-bond donors (Lipinski definition) is 1. The minimum absolute atomic E-state index is 0.0429. The number of carbonyl (C=O) groups is 1. The molecule has 0 spiro atoms. The van der Waals surface area contributed by atoms with E-state index in [2.05, 4.69) is 18.5 Å². The van der Waals surface area contributed by atoms with Gasteiger partial charge in [-0.25, -0.2) is 4.79 Å². The Morgan fingerprint density at radius 1 is 1.31 bits per heavy atom. The number of thioether (sulfide) groups is 1. The Bertz CT molecular complexity index is 225. The topological polar surface area (TPSA) is 32.3 Å². The first-order valence-corrected chi connectivity index (χ1v) is 7.34. The summed E-state index contributed by atoms with van der Waals surface area (Å²) < 4.78 is 0. The van der Waals surface area contributed by atoms with Gasteiger partial charge in [0.25, 0.3) is 0 Å². The monoisotopic (exact) mass is 244 g/mol.